The minimum Gasteiger partial charge on any atom is -0.494 e. The number of hydrogen-bond donors (Lipinski definition) is 0. The largest absolute Gasteiger partial charge is 0.494 e. The van der Waals surface area contributed by atoms with Gasteiger partial charge in [-0.05, 0) is 48.6 Å². The third-order valence-corrected chi connectivity index (χ3v) is 6.95. The first-order chi connectivity index (χ1) is 17.2. The molecule has 0 fully saturated rings. The van der Waals surface area contributed by atoms with E-state index in [1.54, 1.807) is 0 Å². The smallest absolute Gasteiger partial charge is 0.119 e. The van der Waals surface area contributed by atoms with Gasteiger partial charge in [-0.2, -0.15) is 0 Å². The standard InChI is InChI=1S/C33H52O2/c1-4-6-8-9-10-11-12-13-14-15-16-18-27-34-29(3)30-19-21-31(22-20-30)32-23-25-33(26-24-32)35-28-17-7-5-2/h19-26,29H,4-18,27-28H2,1-3H3. The first kappa shape index (κ1) is 29.4. The monoisotopic (exact) mass is 480 g/mol. The van der Waals surface area contributed by atoms with Crippen molar-refractivity contribution in [3.05, 3.63) is 54.1 Å². The Kier molecular flexibility index (Phi) is 16.3. The maximum absolute atomic E-state index is 6.12. The summed E-state index contributed by atoms with van der Waals surface area (Å²) in [6, 6.07) is 17.3. The molecule has 196 valence electrons. The van der Waals surface area contributed by atoms with Crippen molar-refractivity contribution in [1.29, 1.82) is 0 Å². The van der Waals surface area contributed by atoms with E-state index in [2.05, 4.69) is 69.3 Å². The van der Waals surface area contributed by atoms with Crippen molar-refractivity contribution in [2.75, 3.05) is 13.2 Å². The molecule has 2 aromatic rings. The van der Waals surface area contributed by atoms with E-state index >= 15 is 0 Å². The molecule has 0 saturated heterocycles. The Morgan fingerprint density at radius 1 is 0.514 bits per heavy atom. The number of hydrogen-bond acceptors (Lipinski definition) is 2. The molecule has 2 heteroatoms. The molecule has 2 aromatic carbocycles. The van der Waals surface area contributed by atoms with Gasteiger partial charge in [0, 0.05) is 6.61 Å². The van der Waals surface area contributed by atoms with Gasteiger partial charge in [-0.1, -0.05) is 134 Å². The van der Waals surface area contributed by atoms with Crippen LogP contribution < -0.4 is 4.74 Å². The van der Waals surface area contributed by atoms with Crippen molar-refractivity contribution in [2.45, 2.75) is 123 Å². The maximum atomic E-state index is 6.12. The second-order valence-electron chi connectivity index (χ2n) is 10.1. The van der Waals surface area contributed by atoms with Crippen LogP contribution in [0.3, 0.4) is 0 Å². The predicted octanol–water partition coefficient (Wildman–Crippen LogP) is 10.7. The van der Waals surface area contributed by atoms with Gasteiger partial charge in [0.15, 0.2) is 0 Å². The molecule has 0 bridgehead atoms. The van der Waals surface area contributed by atoms with Crippen LogP contribution >= 0.6 is 0 Å². The lowest BCUT2D eigenvalue weighted by Gasteiger charge is -2.14. The molecule has 0 aliphatic heterocycles. The zero-order chi connectivity index (χ0) is 25.0. The highest BCUT2D eigenvalue weighted by Crippen LogP contribution is 2.25. The summed E-state index contributed by atoms with van der Waals surface area (Å²) in [6.07, 6.45) is 20.3. The van der Waals surface area contributed by atoms with Crippen LogP contribution in [-0.2, 0) is 4.74 Å². The fourth-order valence-corrected chi connectivity index (χ4v) is 4.53. The van der Waals surface area contributed by atoms with E-state index in [0.29, 0.717) is 0 Å². The van der Waals surface area contributed by atoms with Crippen LogP contribution in [0.25, 0.3) is 11.1 Å². The quantitative estimate of drug-likeness (QED) is 0.165. The van der Waals surface area contributed by atoms with Crippen molar-refractivity contribution in [2.24, 2.45) is 0 Å². The first-order valence-corrected chi connectivity index (χ1v) is 14.7. The SMILES string of the molecule is CCCCCCCCCCCCCCOC(C)c1ccc(-c2ccc(OCCCCC)cc2)cc1. The fraction of sp³-hybridized carbons (Fsp3) is 0.636. The zero-order valence-corrected chi connectivity index (χ0v) is 23.0. The zero-order valence-electron chi connectivity index (χ0n) is 23.0. The molecule has 0 amide bonds. The van der Waals surface area contributed by atoms with Crippen LogP contribution in [-0.4, -0.2) is 13.2 Å². The van der Waals surface area contributed by atoms with Gasteiger partial charge in [0.1, 0.15) is 5.75 Å². The second kappa shape index (κ2) is 19.4. The second-order valence-corrected chi connectivity index (χ2v) is 10.1. The molecule has 0 saturated carbocycles. The molecule has 0 spiro atoms. The van der Waals surface area contributed by atoms with Gasteiger partial charge in [-0.15, -0.1) is 0 Å². The van der Waals surface area contributed by atoms with E-state index < -0.39 is 0 Å². The highest BCUT2D eigenvalue weighted by atomic mass is 16.5. The Morgan fingerprint density at radius 3 is 1.49 bits per heavy atom. The summed E-state index contributed by atoms with van der Waals surface area (Å²) in [5.74, 6) is 0.960. The molecule has 0 aliphatic carbocycles. The van der Waals surface area contributed by atoms with Crippen molar-refractivity contribution in [3.8, 4) is 16.9 Å². The van der Waals surface area contributed by atoms with E-state index in [1.165, 1.54) is 107 Å². The molecule has 0 aliphatic rings. The summed E-state index contributed by atoms with van der Waals surface area (Å²) in [4.78, 5) is 0. The Hall–Kier alpha value is -1.80. The van der Waals surface area contributed by atoms with Gasteiger partial charge in [0.05, 0.1) is 12.7 Å². The topological polar surface area (TPSA) is 18.5 Å². The van der Waals surface area contributed by atoms with Gasteiger partial charge < -0.3 is 9.47 Å². The molecule has 0 heterocycles. The van der Waals surface area contributed by atoms with Crippen LogP contribution in [0.15, 0.2) is 48.5 Å². The van der Waals surface area contributed by atoms with E-state index in [-0.39, 0.29) is 6.10 Å². The van der Waals surface area contributed by atoms with E-state index in [4.69, 9.17) is 9.47 Å². The lowest BCUT2D eigenvalue weighted by molar-refractivity contribution is 0.0627. The average molecular weight is 481 g/mol. The molecular weight excluding hydrogens is 428 g/mol. The first-order valence-electron chi connectivity index (χ1n) is 14.7. The summed E-state index contributed by atoms with van der Waals surface area (Å²) in [5, 5.41) is 0. The van der Waals surface area contributed by atoms with Gasteiger partial charge in [0.2, 0.25) is 0 Å². The van der Waals surface area contributed by atoms with Crippen LogP contribution in [0.2, 0.25) is 0 Å². The lowest BCUT2D eigenvalue weighted by atomic mass is 10.0. The van der Waals surface area contributed by atoms with E-state index in [1.807, 2.05) is 0 Å². The van der Waals surface area contributed by atoms with Crippen molar-refractivity contribution >= 4 is 0 Å². The van der Waals surface area contributed by atoms with Crippen molar-refractivity contribution < 1.29 is 9.47 Å². The summed E-state index contributed by atoms with van der Waals surface area (Å²) in [6.45, 7) is 8.34. The lowest BCUT2D eigenvalue weighted by Crippen LogP contribution is -2.01. The predicted molar refractivity (Wildman–Crippen MR) is 152 cm³/mol. The van der Waals surface area contributed by atoms with Crippen LogP contribution in [0, 0.1) is 0 Å². The molecule has 35 heavy (non-hydrogen) atoms. The number of benzene rings is 2. The molecule has 0 radical (unpaired) electrons. The summed E-state index contributed by atoms with van der Waals surface area (Å²) >= 11 is 0. The molecule has 1 unspecified atom stereocenters. The summed E-state index contributed by atoms with van der Waals surface area (Å²) < 4.78 is 12.0. The third-order valence-electron chi connectivity index (χ3n) is 6.95. The van der Waals surface area contributed by atoms with Crippen LogP contribution in [0.5, 0.6) is 5.75 Å². The fourth-order valence-electron chi connectivity index (χ4n) is 4.53. The third kappa shape index (κ3) is 13.2. The number of unbranched alkanes of at least 4 members (excludes halogenated alkanes) is 13. The normalized spacial score (nSPS) is 12.1. The molecule has 2 nitrogen and oxygen atoms in total. The Bertz CT molecular complexity index is 735. The molecular formula is C33H52O2. The maximum Gasteiger partial charge on any atom is 0.119 e. The van der Waals surface area contributed by atoms with Crippen molar-refractivity contribution in [1.82, 2.24) is 0 Å². The average Bonchev–Trinajstić information content (AvgIpc) is 2.89. The van der Waals surface area contributed by atoms with Gasteiger partial charge in [-0.3, -0.25) is 0 Å². The molecule has 1 atom stereocenters. The van der Waals surface area contributed by atoms with Gasteiger partial charge in [-0.25, -0.2) is 0 Å². The highest BCUT2D eigenvalue weighted by molar-refractivity contribution is 5.64. The number of ether oxygens (including phenoxy) is 2. The van der Waals surface area contributed by atoms with Crippen molar-refractivity contribution in [3.63, 3.8) is 0 Å². The minimum absolute atomic E-state index is 0.149. The number of rotatable bonds is 21. The summed E-state index contributed by atoms with van der Waals surface area (Å²) in [5.41, 5.74) is 3.71. The molecule has 2 rings (SSSR count). The molecule has 0 N–H and O–H groups in total. The molecule has 0 aromatic heterocycles. The van der Waals surface area contributed by atoms with Crippen LogP contribution in [0.1, 0.15) is 129 Å². The van der Waals surface area contributed by atoms with E-state index in [0.717, 1.165) is 25.4 Å². The van der Waals surface area contributed by atoms with Gasteiger partial charge in [0.25, 0.3) is 0 Å². The Labute approximate surface area is 216 Å². The van der Waals surface area contributed by atoms with Gasteiger partial charge >= 0.3 is 0 Å². The Balaban J connectivity index is 1.56. The van der Waals surface area contributed by atoms with E-state index in [9.17, 15) is 0 Å². The summed E-state index contributed by atoms with van der Waals surface area (Å²) in [7, 11) is 0. The van der Waals surface area contributed by atoms with Crippen LogP contribution in [0.4, 0.5) is 0 Å². The highest BCUT2D eigenvalue weighted by Gasteiger charge is 2.07. The Morgan fingerprint density at radius 2 is 0.943 bits per heavy atom. The minimum atomic E-state index is 0.149.